The lowest BCUT2D eigenvalue weighted by Crippen LogP contribution is -2.28. The molecular formula is C22H27N3O. The van der Waals surface area contributed by atoms with Gasteiger partial charge in [-0.05, 0) is 44.5 Å². The predicted molar refractivity (Wildman–Crippen MR) is 106 cm³/mol. The van der Waals surface area contributed by atoms with Crippen molar-refractivity contribution in [2.75, 3.05) is 0 Å². The second-order valence-corrected chi connectivity index (χ2v) is 6.88. The number of imidazole rings is 1. The third-order valence-corrected chi connectivity index (χ3v) is 4.68. The molecule has 0 saturated heterocycles. The number of benzene rings is 2. The van der Waals surface area contributed by atoms with E-state index in [4.69, 9.17) is 4.98 Å². The molecule has 0 bridgehead atoms. The Kier molecular flexibility index (Phi) is 5.71. The molecule has 4 nitrogen and oxygen atoms in total. The van der Waals surface area contributed by atoms with E-state index < -0.39 is 0 Å². The summed E-state index contributed by atoms with van der Waals surface area (Å²) in [5, 5.41) is 3.11. The summed E-state index contributed by atoms with van der Waals surface area (Å²) >= 11 is 0. The largest absolute Gasteiger partial charge is 0.342 e. The number of nitrogens with zero attached hydrogens (tertiary/aromatic N) is 2. The number of amides is 1. The van der Waals surface area contributed by atoms with Gasteiger partial charge in [0.2, 0.25) is 0 Å². The van der Waals surface area contributed by atoms with E-state index in [9.17, 15) is 4.79 Å². The molecule has 1 aromatic heterocycles. The van der Waals surface area contributed by atoms with Crippen molar-refractivity contribution in [3.8, 4) is 0 Å². The maximum atomic E-state index is 12.6. The van der Waals surface area contributed by atoms with Gasteiger partial charge < -0.3 is 9.88 Å². The number of carbonyl (C=O) groups is 1. The SMILES string of the molecule is CCCCCn1c(C(C)NC(=O)c2cccc(C)c2)nc2ccccc21. The van der Waals surface area contributed by atoms with Gasteiger partial charge >= 0.3 is 0 Å². The van der Waals surface area contributed by atoms with Crippen LogP contribution in [-0.4, -0.2) is 15.5 Å². The van der Waals surface area contributed by atoms with E-state index in [0.717, 1.165) is 35.4 Å². The molecule has 4 heteroatoms. The molecule has 3 rings (SSSR count). The van der Waals surface area contributed by atoms with Crippen molar-refractivity contribution in [2.45, 2.75) is 52.6 Å². The van der Waals surface area contributed by atoms with E-state index in [0.29, 0.717) is 5.56 Å². The first-order valence-corrected chi connectivity index (χ1v) is 9.43. The molecular weight excluding hydrogens is 322 g/mol. The lowest BCUT2D eigenvalue weighted by atomic mass is 10.1. The van der Waals surface area contributed by atoms with Crippen LogP contribution in [0.5, 0.6) is 0 Å². The van der Waals surface area contributed by atoms with Gasteiger partial charge in [-0.3, -0.25) is 4.79 Å². The molecule has 0 radical (unpaired) electrons. The summed E-state index contributed by atoms with van der Waals surface area (Å²) < 4.78 is 2.26. The number of fused-ring (bicyclic) bond motifs is 1. The summed E-state index contributed by atoms with van der Waals surface area (Å²) in [6, 6.07) is 15.7. The lowest BCUT2D eigenvalue weighted by Gasteiger charge is -2.16. The monoisotopic (exact) mass is 349 g/mol. The highest BCUT2D eigenvalue weighted by Gasteiger charge is 2.18. The lowest BCUT2D eigenvalue weighted by molar-refractivity contribution is 0.0937. The van der Waals surface area contributed by atoms with E-state index in [1.54, 1.807) is 0 Å². The van der Waals surface area contributed by atoms with Crippen LogP contribution in [0.25, 0.3) is 11.0 Å². The first-order valence-electron chi connectivity index (χ1n) is 9.43. The number of hydrogen-bond acceptors (Lipinski definition) is 2. The van der Waals surface area contributed by atoms with Crippen molar-refractivity contribution in [1.29, 1.82) is 0 Å². The normalized spacial score (nSPS) is 12.3. The summed E-state index contributed by atoms with van der Waals surface area (Å²) in [6.45, 7) is 7.13. The Morgan fingerprint density at radius 2 is 1.96 bits per heavy atom. The molecule has 0 aliphatic heterocycles. The van der Waals surface area contributed by atoms with E-state index in [1.165, 1.54) is 12.8 Å². The fourth-order valence-electron chi connectivity index (χ4n) is 3.31. The molecule has 0 aliphatic rings. The Labute approximate surface area is 155 Å². The van der Waals surface area contributed by atoms with Gasteiger partial charge in [-0.2, -0.15) is 0 Å². The van der Waals surface area contributed by atoms with Crippen molar-refractivity contribution in [1.82, 2.24) is 14.9 Å². The number of rotatable bonds is 7. The van der Waals surface area contributed by atoms with Gasteiger partial charge in [0.15, 0.2) is 0 Å². The number of unbranched alkanes of at least 4 members (excludes halogenated alkanes) is 2. The molecule has 1 atom stereocenters. The minimum atomic E-state index is -0.156. The maximum absolute atomic E-state index is 12.6. The Bertz CT molecular complexity index is 897. The van der Waals surface area contributed by atoms with E-state index in [2.05, 4.69) is 22.9 Å². The van der Waals surface area contributed by atoms with Gasteiger partial charge in [0.1, 0.15) is 5.82 Å². The molecule has 0 saturated carbocycles. The number of nitrogens with one attached hydrogen (secondary N) is 1. The van der Waals surface area contributed by atoms with Gasteiger partial charge in [0.05, 0.1) is 17.1 Å². The van der Waals surface area contributed by atoms with Gasteiger partial charge in [-0.25, -0.2) is 4.98 Å². The highest BCUT2D eigenvalue weighted by atomic mass is 16.1. The number of hydrogen-bond donors (Lipinski definition) is 1. The van der Waals surface area contributed by atoms with E-state index in [-0.39, 0.29) is 11.9 Å². The average molecular weight is 349 g/mol. The fraction of sp³-hybridized carbons (Fsp3) is 0.364. The van der Waals surface area contributed by atoms with Gasteiger partial charge in [0, 0.05) is 12.1 Å². The van der Waals surface area contributed by atoms with Crippen LogP contribution in [0.4, 0.5) is 0 Å². The fourth-order valence-corrected chi connectivity index (χ4v) is 3.31. The van der Waals surface area contributed by atoms with Crippen molar-refractivity contribution in [3.63, 3.8) is 0 Å². The van der Waals surface area contributed by atoms with Gasteiger partial charge in [0.25, 0.3) is 5.91 Å². The molecule has 2 aromatic carbocycles. The zero-order valence-corrected chi connectivity index (χ0v) is 15.8. The standard InChI is InChI=1S/C22H27N3O/c1-4-5-8-14-25-20-13-7-6-12-19(20)24-21(25)17(3)23-22(26)18-11-9-10-16(2)15-18/h6-7,9-13,15,17H,4-5,8,14H2,1-3H3,(H,23,26). The topological polar surface area (TPSA) is 46.9 Å². The quantitative estimate of drug-likeness (QED) is 0.608. The second-order valence-electron chi connectivity index (χ2n) is 6.88. The third-order valence-electron chi connectivity index (χ3n) is 4.68. The molecule has 1 heterocycles. The van der Waals surface area contributed by atoms with Crippen molar-refractivity contribution < 1.29 is 4.79 Å². The Hall–Kier alpha value is -2.62. The molecule has 0 fully saturated rings. The number of para-hydroxylation sites is 2. The van der Waals surface area contributed by atoms with Crippen LogP contribution in [0.3, 0.4) is 0 Å². The molecule has 3 aromatic rings. The van der Waals surface area contributed by atoms with Gasteiger partial charge in [-0.15, -0.1) is 0 Å². The Morgan fingerprint density at radius 3 is 2.73 bits per heavy atom. The molecule has 0 spiro atoms. The highest BCUT2D eigenvalue weighted by molar-refractivity contribution is 5.94. The smallest absolute Gasteiger partial charge is 0.251 e. The highest BCUT2D eigenvalue weighted by Crippen LogP contribution is 2.22. The Balaban J connectivity index is 1.85. The summed E-state index contributed by atoms with van der Waals surface area (Å²) in [6.07, 6.45) is 3.49. The molecule has 1 unspecified atom stereocenters. The number of aromatic nitrogens is 2. The summed E-state index contributed by atoms with van der Waals surface area (Å²) in [4.78, 5) is 17.4. The van der Waals surface area contributed by atoms with Crippen LogP contribution in [0.2, 0.25) is 0 Å². The molecule has 0 aliphatic carbocycles. The number of carbonyl (C=O) groups excluding carboxylic acids is 1. The van der Waals surface area contributed by atoms with Crippen LogP contribution in [0.15, 0.2) is 48.5 Å². The minimum Gasteiger partial charge on any atom is -0.342 e. The van der Waals surface area contributed by atoms with Crippen molar-refractivity contribution in [3.05, 3.63) is 65.5 Å². The van der Waals surface area contributed by atoms with Gasteiger partial charge in [-0.1, -0.05) is 49.6 Å². The zero-order valence-electron chi connectivity index (χ0n) is 15.8. The van der Waals surface area contributed by atoms with E-state index in [1.807, 2.05) is 56.3 Å². The average Bonchev–Trinajstić information content (AvgIpc) is 3.01. The Morgan fingerprint density at radius 1 is 1.15 bits per heavy atom. The molecule has 136 valence electrons. The van der Waals surface area contributed by atoms with Crippen LogP contribution in [-0.2, 0) is 6.54 Å². The van der Waals surface area contributed by atoms with Crippen LogP contribution < -0.4 is 5.32 Å². The third kappa shape index (κ3) is 3.96. The minimum absolute atomic E-state index is 0.0617. The molecule has 1 amide bonds. The number of aryl methyl sites for hydroxylation is 2. The summed E-state index contributed by atoms with van der Waals surface area (Å²) in [5.41, 5.74) is 3.88. The van der Waals surface area contributed by atoms with E-state index >= 15 is 0 Å². The van der Waals surface area contributed by atoms with Crippen molar-refractivity contribution >= 4 is 16.9 Å². The second kappa shape index (κ2) is 8.17. The molecule has 26 heavy (non-hydrogen) atoms. The molecule has 1 N–H and O–H groups in total. The van der Waals surface area contributed by atoms with Crippen LogP contribution in [0.1, 0.15) is 60.9 Å². The zero-order chi connectivity index (χ0) is 18.5. The first-order chi connectivity index (χ1) is 12.6. The summed E-state index contributed by atoms with van der Waals surface area (Å²) in [5.74, 6) is 0.858. The van der Waals surface area contributed by atoms with Crippen LogP contribution in [0, 0.1) is 6.92 Å². The maximum Gasteiger partial charge on any atom is 0.251 e. The predicted octanol–water partition coefficient (Wildman–Crippen LogP) is 5.03. The van der Waals surface area contributed by atoms with Crippen molar-refractivity contribution in [2.24, 2.45) is 0 Å². The first kappa shape index (κ1) is 18.2. The summed E-state index contributed by atoms with van der Waals surface area (Å²) in [7, 11) is 0. The van der Waals surface area contributed by atoms with Crippen LogP contribution >= 0.6 is 0 Å².